The van der Waals surface area contributed by atoms with Gasteiger partial charge in [0.2, 0.25) is 0 Å². The van der Waals surface area contributed by atoms with Gasteiger partial charge in [-0.05, 0) is 37.7 Å². The second-order valence-corrected chi connectivity index (χ2v) is 17.7. The van der Waals surface area contributed by atoms with Crippen LogP contribution in [0.5, 0.6) is 0 Å². The average molecular weight is 337 g/mol. The van der Waals surface area contributed by atoms with Crippen LogP contribution in [0.4, 0.5) is 0 Å². The summed E-state index contributed by atoms with van der Waals surface area (Å²) in [5.41, 5.74) is 0.957. The van der Waals surface area contributed by atoms with E-state index in [1.807, 2.05) is 12.3 Å². The number of pyridine rings is 1. The van der Waals surface area contributed by atoms with E-state index in [9.17, 15) is 0 Å². The Balaban J connectivity index is 2.83. The van der Waals surface area contributed by atoms with Gasteiger partial charge in [-0.3, -0.25) is 9.98 Å². The molecule has 0 aliphatic heterocycles. The van der Waals surface area contributed by atoms with Crippen LogP contribution in [0, 0.1) is 5.92 Å². The Morgan fingerprint density at radius 1 is 1.14 bits per heavy atom. The highest BCUT2D eigenvalue weighted by Crippen LogP contribution is 2.11. The van der Waals surface area contributed by atoms with E-state index >= 15 is 0 Å². The number of hydrogen-bond acceptors (Lipinski definition) is 3. The molecule has 1 rings (SSSR count). The first kappa shape index (κ1) is 19.3. The standard InChI is InChI=1S/C17H32N2OSi2/c1-14(2)16(13-20-22(6,7)8)18-12-15-10-9-11-17(19-15)21(3,4)5/h9-12,14,16H,13H2,1-8H3/t16-/m1/s1. The second kappa shape index (κ2) is 7.66. The summed E-state index contributed by atoms with van der Waals surface area (Å²) in [6.07, 6.45) is 1.92. The lowest BCUT2D eigenvalue weighted by Crippen LogP contribution is -2.40. The van der Waals surface area contributed by atoms with E-state index in [0.29, 0.717) is 12.5 Å². The minimum atomic E-state index is -1.49. The highest BCUT2D eigenvalue weighted by molar-refractivity contribution is 6.88. The summed E-state index contributed by atoms with van der Waals surface area (Å²) in [5.74, 6) is 0.466. The monoisotopic (exact) mass is 336 g/mol. The summed E-state index contributed by atoms with van der Waals surface area (Å²) >= 11 is 0. The van der Waals surface area contributed by atoms with Crippen molar-refractivity contribution in [2.45, 2.75) is 59.2 Å². The van der Waals surface area contributed by atoms with E-state index in [1.54, 1.807) is 0 Å². The molecule has 3 nitrogen and oxygen atoms in total. The topological polar surface area (TPSA) is 34.5 Å². The van der Waals surface area contributed by atoms with Gasteiger partial charge in [0.15, 0.2) is 8.32 Å². The van der Waals surface area contributed by atoms with Gasteiger partial charge in [0.25, 0.3) is 0 Å². The van der Waals surface area contributed by atoms with Crippen molar-refractivity contribution in [3.8, 4) is 0 Å². The third kappa shape index (κ3) is 6.98. The van der Waals surface area contributed by atoms with Crippen LogP contribution < -0.4 is 5.32 Å². The van der Waals surface area contributed by atoms with Crippen molar-refractivity contribution in [2.75, 3.05) is 6.61 Å². The maximum Gasteiger partial charge on any atom is 0.183 e. The van der Waals surface area contributed by atoms with E-state index in [2.05, 4.69) is 65.3 Å². The van der Waals surface area contributed by atoms with Crippen LogP contribution in [0.1, 0.15) is 19.5 Å². The first-order valence-electron chi connectivity index (χ1n) is 8.14. The molecule has 0 N–H and O–H groups in total. The largest absolute Gasteiger partial charge is 0.415 e. The van der Waals surface area contributed by atoms with Crippen molar-refractivity contribution in [1.29, 1.82) is 0 Å². The predicted octanol–water partition coefficient (Wildman–Crippen LogP) is 3.92. The van der Waals surface area contributed by atoms with E-state index in [0.717, 1.165) is 5.69 Å². The molecule has 0 bridgehead atoms. The molecule has 1 aromatic rings. The highest BCUT2D eigenvalue weighted by atomic mass is 28.4. The van der Waals surface area contributed by atoms with E-state index < -0.39 is 16.4 Å². The Labute approximate surface area is 138 Å². The predicted molar refractivity (Wildman–Crippen MR) is 103 cm³/mol. The summed E-state index contributed by atoms with van der Waals surface area (Å²) in [7, 11) is -2.87. The molecule has 1 atom stereocenters. The van der Waals surface area contributed by atoms with Crippen molar-refractivity contribution >= 4 is 27.9 Å². The molecule has 0 aliphatic rings. The van der Waals surface area contributed by atoms with Crippen LogP contribution >= 0.6 is 0 Å². The van der Waals surface area contributed by atoms with Crippen LogP contribution in [-0.4, -0.2) is 40.2 Å². The van der Waals surface area contributed by atoms with Gasteiger partial charge >= 0.3 is 0 Å². The molecule has 0 saturated heterocycles. The van der Waals surface area contributed by atoms with Gasteiger partial charge in [-0.25, -0.2) is 0 Å². The molecule has 0 aliphatic carbocycles. The lowest BCUT2D eigenvalue weighted by atomic mass is 10.1. The molecule has 0 fully saturated rings. The lowest BCUT2D eigenvalue weighted by Gasteiger charge is -2.23. The Bertz CT molecular complexity index is 502. The van der Waals surface area contributed by atoms with Crippen LogP contribution in [-0.2, 0) is 4.43 Å². The fourth-order valence-electron chi connectivity index (χ4n) is 1.86. The molecule has 0 spiro atoms. The van der Waals surface area contributed by atoms with Gasteiger partial charge in [-0.2, -0.15) is 0 Å². The van der Waals surface area contributed by atoms with Crippen molar-refractivity contribution in [3.63, 3.8) is 0 Å². The molecule has 0 aromatic carbocycles. The number of aliphatic imine (C=N–C) groups is 1. The smallest absolute Gasteiger partial charge is 0.183 e. The molecule has 0 amide bonds. The van der Waals surface area contributed by atoms with Crippen molar-refractivity contribution in [1.82, 2.24) is 4.98 Å². The van der Waals surface area contributed by atoms with Gasteiger partial charge in [0.1, 0.15) is 8.07 Å². The first-order valence-corrected chi connectivity index (χ1v) is 15.0. The summed E-state index contributed by atoms with van der Waals surface area (Å²) in [5, 5.41) is 1.23. The Hall–Kier alpha value is -0.786. The summed E-state index contributed by atoms with van der Waals surface area (Å²) < 4.78 is 6.03. The van der Waals surface area contributed by atoms with Crippen LogP contribution in [0.15, 0.2) is 23.2 Å². The second-order valence-electron chi connectivity index (χ2n) is 8.21. The zero-order valence-electron chi connectivity index (χ0n) is 15.5. The third-order valence-corrected chi connectivity index (χ3v) is 6.24. The fraction of sp³-hybridized carbons (Fsp3) is 0.647. The molecule has 124 valence electrons. The normalized spacial score (nSPS) is 14.8. The summed E-state index contributed by atoms with van der Waals surface area (Å²) in [4.78, 5) is 9.51. The number of rotatable bonds is 7. The van der Waals surface area contributed by atoms with E-state index in [1.165, 1.54) is 5.32 Å². The molecule has 22 heavy (non-hydrogen) atoms. The van der Waals surface area contributed by atoms with Gasteiger partial charge in [0, 0.05) is 11.5 Å². The Morgan fingerprint density at radius 2 is 1.77 bits per heavy atom. The molecule has 0 radical (unpaired) electrons. The highest BCUT2D eigenvalue weighted by Gasteiger charge is 2.20. The molecular weight excluding hydrogens is 304 g/mol. The third-order valence-electron chi connectivity index (χ3n) is 3.39. The van der Waals surface area contributed by atoms with E-state index in [-0.39, 0.29) is 6.04 Å². The van der Waals surface area contributed by atoms with Gasteiger partial charge in [-0.1, -0.05) is 39.6 Å². The number of hydrogen-bond donors (Lipinski definition) is 0. The molecular formula is C17H32N2OSi2. The van der Waals surface area contributed by atoms with Crippen molar-refractivity contribution in [2.24, 2.45) is 10.9 Å². The SMILES string of the molecule is CC(C)[C@@H](CO[Si](C)(C)C)N=Cc1cccc([Si](C)(C)C)n1. The zero-order chi connectivity index (χ0) is 17.0. The minimum absolute atomic E-state index is 0.198. The molecule has 0 unspecified atom stereocenters. The molecule has 5 heteroatoms. The van der Waals surface area contributed by atoms with E-state index in [4.69, 9.17) is 14.4 Å². The molecule has 1 heterocycles. The Morgan fingerprint density at radius 3 is 2.27 bits per heavy atom. The quantitative estimate of drug-likeness (QED) is 0.558. The van der Waals surface area contributed by atoms with Crippen molar-refractivity contribution in [3.05, 3.63) is 23.9 Å². The first-order chi connectivity index (χ1) is 9.99. The minimum Gasteiger partial charge on any atom is -0.415 e. The van der Waals surface area contributed by atoms with Gasteiger partial charge in [0.05, 0.1) is 18.3 Å². The number of aromatic nitrogens is 1. The van der Waals surface area contributed by atoms with Gasteiger partial charge < -0.3 is 4.43 Å². The van der Waals surface area contributed by atoms with Crippen molar-refractivity contribution < 1.29 is 4.43 Å². The van der Waals surface area contributed by atoms with Crippen LogP contribution in [0.25, 0.3) is 0 Å². The van der Waals surface area contributed by atoms with Gasteiger partial charge in [-0.15, -0.1) is 0 Å². The zero-order valence-corrected chi connectivity index (χ0v) is 17.5. The number of nitrogens with zero attached hydrogens (tertiary/aromatic N) is 2. The maximum absolute atomic E-state index is 6.03. The average Bonchev–Trinajstić information content (AvgIpc) is 2.36. The van der Waals surface area contributed by atoms with Crippen LogP contribution in [0.2, 0.25) is 39.3 Å². The lowest BCUT2D eigenvalue weighted by molar-refractivity contribution is 0.255. The maximum atomic E-state index is 6.03. The summed E-state index contributed by atoms with van der Waals surface area (Å²) in [6.45, 7) is 18.7. The van der Waals surface area contributed by atoms with Crippen LogP contribution in [0.3, 0.4) is 0 Å². The molecule has 0 saturated carbocycles. The summed E-state index contributed by atoms with van der Waals surface area (Å²) in [6, 6.07) is 6.45. The molecule has 1 aromatic heterocycles. The fourth-order valence-corrected chi connectivity index (χ4v) is 3.59. The Kier molecular flexibility index (Phi) is 6.71.